The van der Waals surface area contributed by atoms with Gasteiger partial charge in [0.15, 0.2) is 5.16 Å². The Morgan fingerprint density at radius 1 is 1.00 bits per heavy atom. The molecule has 1 fully saturated rings. The van der Waals surface area contributed by atoms with E-state index in [1.165, 1.54) is 30.2 Å². The molecule has 1 amide bonds. The minimum absolute atomic E-state index is 0.0733. The van der Waals surface area contributed by atoms with Gasteiger partial charge in [-0.1, -0.05) is 73.1 Å². The van der Waals surface area contributed by atoms with Crippen LogP contribution in [0, 0.1) is 0 Å². The molecule has 1 aliphatic carbocycles. The lowest BCUT2D eigenvalue weighted by atomic mass is 10.1. The van der Waals surface area contributed by atoms with Crippen molar-refractivity contribution in [2.45, 2.75) is 43.3 Å². The molecule has 144 valence electrons. The summed E-state index contributed by atoms with van der Waals surface area (Å²) in [7, 11) is 0. The van der Waals surface area contributed by atoms with Crippen LogP contribution in [-0.2, 0) is 11.2 Å². The Hall–Kier alpha value is -2.60. The van der Waals surface area contributed by atoms with E-state index < -0.39 is 0 Å². The maximum Gasteiger partial charge on any atom is 0.230 e. The van der Waals surface area contributed by atoms with Crippen LogP contribution in [0.25, 0.3) is 5.69 Å². The molecule has 0 bridgehead atoms. The summed E-state index contributed by atoms with van der Waals surface area (Å²) in [5, 5.41) is 12.7. The number of aromatic nitrogens is 3. The molecule has 4 rings (SSSR count). The summed E-state index contributed by atoms with van der Waals surface area (Å²) in [5.74, 6) is 1.30. The molecule has 28 heavy (non-hydrogen) atoms. The van der Waals surface area contributed by atoms with Gasteiger partial charge in [-0.3, -0.25) is 9.36 Å². The minimum atomic E-state index is 0.0733. The molecule has 1 saturated carbocycles. The lowest BCUT2D eigenvalue weighted by Gasteiger charge is -2.12. The van der Waals surface area contributed by atoms with Gasteiger partial charge in [0.05, 0.1) is 5.75 Å². The number of carbonyl (C=O) groups excluding carboxylic acids is 1. The van der Waals surface area contributed by atoms with Gasteiger partial charge in [-0.05, 0) is 30.5 Å². The van der Waals surface area contributed by atoms with Gasteiger partial charge < -0.3 is 5.32 Å². The number of benzene rings is 2. The Morgan fingerprint density at radius 3 is 2.39 bits per heavy atom. The average Bonchev–Trinajstić information content (AvgIpc) is 3.38. The molecular formula is C22H24N4OS. The zero-order valence-corrected chi connectivity index (χ0v) is 16.6. The minimum Gasteiger partial charge on any atom is -0.353 e. The van der Waals surface area contributed by atoms with Crippen molar-refractivity contribution in [2.24, 2.45) is 0 Å². The molecule has 0 unspecified atom stereocenters. The van der Waals surface area contributed by atoms with Crippen LogP contribution in [0.2, 0.25) is 0 Å². The second-order valence-electron chi connectivity index (χ2n) is 7.07. The summed E-state index contributed by atoms with van der Waals surface area (Å²) in [6.07, 6.45) is 5.31. The highest BCUT2D eigenvalue weighted by Gasteiger charge is 2.19. The van der Waals surface area contributed by atoms with Gasteiger partial charge in [-0.25, -0.2) is 0 Å². The number of rotatable bonds is 7. The molecule has 2 aromatic carbocycles. The number of thioether (sulfide) groups is 1. The Balaban J connectivity index is 1.52. The van der Waals surface area contributed by atoms with E-state index in [9.17, 15) is 4.79 Å². The monoisotopic (exact) mass is 392 g/mol. The highest BCUT2D eigenvalue weighted by atomic mass is 32.2. The van der Waals surface area contributed by atoms with Gasteiger partial charge in [-0.15, -0.1) is 10.2 Å². The van der Waals surface area contributed by atoms with Crippen LogP contribution in [0.15, 0.2) is 65.8 Å². The lowest BCUT2D eigenvalue weighted by molar-refractivity contribution is -0.119. The SMILES string of the molecule is O=C(CSc1nnc(Cc2ccccc2)n1-c1ccccc1)NC1CCCC1. The first-order chi connectivity index (χ1) is 13.8. The average molecular weight is 393 g/mol. The van der Waals surface area contributed by atoms with Gasteiger partial charge in [-0.2, -0.15) is 0 Å². The molecular weight excluding hydrogens is 368 g/mol. The van der Waals surface area contributed by atoms with Crippen molar-refractivity contribution in [3.63, 3.8) is 0 Å². The maximum atomic E-state index is 12.3. The second kappa shape index (κ2) is 9.06. The largest absolute Gasteiger partial charge is 0.353 e. The van der Waals surface area contributed by atoms with Gasteiger partial charge in [0.2, 0.25) is 5.91 Å². The highest BCUT2D eigenvalue weighted by molar-refractivity contribution is 7.99. The third-order valence-electron chi connectivity index (χ3n) is 4.97. The number of hydrogen-bond donors (Lipinski definition) is 1. The van der Waals surface area contributed by atoms with E-state index in [-0.39, 0.29) is 5.91 Å². The van der Waals surface area contributed by atoms with Crippen molar-refractivity contribution >= 4 is 17.7 Å². The van der Waals surface area contributed by atoms with Crippen molar-refractivity contribution < 1.29 is 4.79 Å². The van der Waals surface area contributed by atoms with Crippen molar-refractivity contribution in [1.29, 1.82) is 0 Å². The maximum absolute atomic E-state index is 12.3. The molecule has 1 N–H and O–H groups in total. The number of hydrogen-bond acceptors (Lipinski definition) is 4. The molecule has 6 heteroatoms. The first-order valence-corrected chi connectivity index (χ1v) is 10.7. The predicted octanol–water partition coefficient (Wildman–Crippen LogP) is 4.01. The molecule has 0 aliphatic heterocycles. The van der Waals surface area contributed by atoms with Crippen LogP contribution in [0.5, 0.6) is 0 Å². The number of para-hydroxylation sites is 1. The zero-order chi connectivity index (χ0) is 19.2. The van der Waals surface area contributed by atoms with E-state index in [0.717, 1.165) is 29.5 Å². The molecule has 0 saturated heterocycles. The Kier molecular flexibility index (Phi) is 6.07. The molecule has 1 aromatic heterocycles. The Bertz CT molecular complexity index is 905. The molecule has 0 atom stereocenters. The summed E-state index contributed by atoms with van der Waals surface area (Å²) in [4.78, 5) is 12.3. The summed E-state index contributed by atoms with van der Waals surface area (Å²) in [6, 6.07) is 20.7. The van der Waals surface area contributed by atoms with E-state index in [4.69, 9.17) is 0 Å². The number of nitrogens with zero attached hydrogens (tertiary/aromatic N) is 3. The molecule has 3 aromatic rings. The van der Waals surface area contributed by atoms with Crippen molar-refractivity contribution in [3.8, 4) is 5.69 Å². The molecule has 5 nitrogen and oxygen atoms in total. The number of nitrogens with one attached hydrogen (secondary N) is 1. The first kappa shape index (κ1) is 18.7. The molecule has 0 radical (unpaired) electrons. The summed E-state index contributed by atoms with van der Waals surface area (Å²) in [6.45, 7) is 0. The van der Waals surface area contributed by atoms with Gasteiger partial charge >= 0.3 is 0 Å². The van der Waals surface area contributed by atoms with Crippen LogP contribution >= 0.6 is 11.8 Å². The smallest absolute Gasteiger partial charge is 0.230 e. The first-order valence-electron chi connectivity index (χ1n) is 9.75. The fraction of sp³-hybridized carbons (Fsp3) is 0.318. The Labute approximate surface area is 169 Å². The van der Waals surface area contributed by atoms with Crippen LogP contribution in [0.1, 0.15) is 37.1 Å². The normalized spacial score (nSPS) is 14.3. The topological polar surface area (TPSA) is 59.8 Å². The van der Waals surface area contributed by atoms with Gasteiger partial charge in [0, 0.05) is 18.2 Å². The Morgan fingerprint density at radius 2 is 1.68 bits per heavy atom. The predicted molar refractivity (Wildman–Crippen MR) is 112 cm³/mol. The van der Waals surface area contributed by atoms with E-state index in [0.29, 0.717) is 18.2 Å². The standard InChI is InChI=1S/C22H24N4OS/c27-21(23-18-11-7-8-12-18)16-28-22-25-24-20(15-17-9-3-1-4-10-17)26(22)19-13-5-2-6-14-19/h1-6,9-10,13-14,18H,7-8,11-12,15-16H2,(H,23,27). The van der Waals surface area contributed by atoms with E-state index in [1.807, 2.05) is 48.5 Å². The van der Waals surface area contributed by atoms with Gasteiger partial charge in [0.25, 0.3) is 0 Å². The van der Waals surface area contributed by atoms with Crippen molar-refractivity contribution in [1.82, 2.24) is 20.1 Å². The summed E-state index contributed by atoms with van der Waals surface area (Å²) < 4.78 is 2.06. The van der Waals surface area contributed by atoms with E-state index >= 15 is 0 Å². The fourth-order valence-corrected chi connectivity index (χ4v) is 4.37. The van der Waals surface area contributed by atoms with Crippen molar-refractivity contribution in [3.05, 3.63) is 72.1 Å². The highest BCUT2D eigenvalue weighted by Crippen LogP contribution is 2.24. The van der Waals surface area contributed by atoms with E-state index in [1.54, 1.807) is 0 Å². The lowest BCUT2D eigenvalue weighted by Crippen LogP contribution is -2.33. The second-order valence-corrected chi connectivity index (χ2v) is 8.01. The molecule has 1 heterocycles. The van der Waals surface area contributed by atoms with Crippen LogP contribution in [0.3, 0.4) is 0 Å². The molecule has 0 spiro atoms. The van der Waals surface area contributed by atoms with Gasteiger partial charge in [0.1, 0.15) is 5.82 Å². The molecule has 1 aliphatic rings. The fourth-order valence-electron chi connectivity index (χ4n) is 3.59. The third-order valence-corrected chi connectivity index (χ3v) is 5.90. The zero-order valence-electron chi connectivity index (χ0n) is 15.8. The number of amides is 1. The van der Waals surface area contributed by atoms with Crippen LogP contribution in [0.4, 0.5) is 0 Å². The van der Waals surface area contributed by atoms with Crippen LogP contribution < -0.4 is 5.32 Å². The van der Waals surface area contributed by atoms with E-state index in [2.05, 4.69) is 32.2 Å². The quantitative estimate of drug-likeness (QED) is 0.617. The van der Waals surface area contributed by atoms with Crippen LogP contribution in [-0.4, -0.2) is 32.5 Å². The summed E-state index contributed by atoms with van der Waals surface area (Å²) in [5.41, 5.74) is 2.19. The third kappa shape index (κ3) is 4.62. The van der Waals surface area contributed by atoms with Crippen molar-refractivity contribution in [2.75, 3.05) is 5.75 Å². The summed E-state index contributed by atoms with van der Waals surface area (Å²) >= 11 is 1.44. The number of carbonyl (C=O) groups is 1.